The average Bonchev–Trinajstić information content (AvgIpc) is 3.43. The van der Waals surface area contributed by atoms with Crippen molar-refractivity contribution in [1.29, 1.82) is 0 Å². The highest BCUT2D eigenvalue weighted by molar-refractivity contribution is 7.89. The lowest BCUT2D eigenvalue weighted by Gasteiger charge is -2.09. The van der Waals surface area contributed by atoms with Crippen molar-refractivity contribution in [2.24, 2.45) is 0 Å². The average molecular weight is 454 g/mol. The predicted octanol–water partition coefficient (Wildman–Crippen LogP) is 4.50. The Morgan fingerprint density at radius 1 is 1.06 bits per heavy atom. The summed E-state index contributed by atoms with van der Waals surface area (Å²) in [6, 6.07) is 17.6. The Balaban J connectivity index is 1.40. The van der Waals surface area contributed by atoms with Gasteiger partial charge in [0, 0.05) is 46.3 Å². The number of fused-ring (bicyclic) bond motifs is 1. The summed E-state index contributed by atoms with van der Waals surface area (Å²) in [7, 11) is -3.62. The molecule has 8 heteroatoms. The van der Waals surface area contributed by atoms with Gasteiger partial charge >= 0.3 is 0 Å². The van der Waals surface area contributed by atoms with E-state index < -0.39 is 10.0 Å². The topological polar surface area (TPSA) is 80.2 Å². The quantitative estimate of drug-likeness (QED) is 0.412. The van der Waals surface area contributed by atoms with Gasteiger partial charge in [0.1, 0.15) is 0 Å². The van der Waals surface area contributed by atoms with Gasteiger partial charge in [-0.1, -0.05) is 6.07 Å². The van der Waals surface area contributed by atoms with Crippen LogP contribution in [0.2, 0.25) is 0 Å². The third kappa shape index (κ3) is 4.87. The highest BCUT2D eigenvalue weighted by atomic mass is 32.2. The molecule has 1 amide bonds. The summed E-state index contributed by atoms with van der Waals surface area (Å²) in [6.45, 7) is 3.29. The minimum Gasteiger partial charge on any atom is -0.348 e. The van der Waals surface area contributed by atoms with Gasteiger partial charge < -0.3 is 9.88 Å². The van der Waals surface area contributed by atoms with Gasteiger partial charge in [0.25, 0.3) is 5.91 Å². The fourth-order valence-corrected chi connectivity index (χ4v) is 5.13. The van der Waals surface area contributed by atoms with E-state index in [1.54, 1.807) is 11.3 Å². The third-order valence-electron chi connectivity index (χ3n) is 5.04. The molecule has 160 valence electrons. The molecule has 6 nitrogen and oxygen atoms in total. The van der Waals surface area contributed by atoms with Crippen LogP contribution in [0.1, 0.15) is 22.2 Å². The molecule has 0 saturated heterocycles. The number of hydrogen-bond acceptors (Lipinski definition) is 4. The van der Waals surface area contributed by atoms with Crippen molar-refractivity contribution in [3.63, 3.8) is 0 Å². The van der Waals surface area contributed by atoms with E-state index in [-0.39, 0.29) is 10.8 Å². The smallest absolute Gasteiger partial charge is 0.255 e. The number of amides is 1. The molecule has 2 N–H and O–H groups in total. The number of thiophene rings is 1. The van der Waals surface area contributed by atoms with Crippen LogP contribution in [-0.4, -0.2) is 25.4 Å². The normalized spacial score (nSPS) is 11.6. The van der Waals surface area contributed by atoms with E-state index in [1.807, 2.05) is 48.0 Å². The zero-order chi connectivity index (χ0) is 21.8. The van der Waals surface area contributed by atoms with E-state index in [1.165, 1.54) is 24.3 Å². The summed E-state index contributed by atoms with van der Waals surface area (Å²) in [5.41, 5.74) is 2.20. The Labute approximate surface area is 185 Å². The molecule has 0 atom stereocenters. The Kier molecular flexibility index (Phi) is 6.22. The number of benzene rings is 2. The molecule has 0 bridgehead atoms. The largest absolute Gasteiger partial charge is 0.348 e. The lowest BCUT2D eigenvalue weighted by atomic mass is 10.2. The van der Waals surface area contributed by atoms with Gasteiger partial charge in [-0.3, -0.25) is 4.79 Å². The van der Waals surface area contributed by atoms with Crippen molar-refractivity contribution in [2.45, 2.75) is 24.8 Å². The van der Waals surface area contributed by atoms with Crippen molar-refractivity contribution in [1.82, 2.24) is 9.29 Å². The number of sulfonamides is 1. The van der Waals surface area contributed by atoms with Crippen LogP contribution in [0, 0.1) is 0 Å². The van der Waals surface area contributed by atoms with E-state index in [0.717, 1.165) is 22.3 Å². The highest BCUT2D eigenvalue weighted by Crippen LogP contribution is 2.21. The van der Waals surface area contributed by atoms with Gasteiger partial charge in [-0.25, -0.2) is 13.1 Å². The zero-order valence-electron chi connectivity index (χ0n) is 17.0. The first-order valence-electron chi connectivity index (χ1n) is 9.98. The second kappa shape index (κ2) is 9.05. The molecule has 0 aliphatic rings. The molecule has 2 aromatic carbocycles. The SMILES string of the molecule is CCn1ccc2cc(NC(=O)c3ccc(S(=O)(=O)NCCc4cccs4)cc3)ccc21. The Bertz CT molecular complexity index is 1290. The number of nitrogens with zero attached hydrogens (tertiary/aromatic N) is 1. The number of carbonyl (C=O) groups is 1. The van der Waals surface area contributed by atoms with Gasteiger partial charge in [-0.2, -0.15) is 0 Å². The van der Waals surface area contributed by atoms with Crippen molar-refractivity contribution >= 4 is 43.9 Å². The van der Waals surface area contributed by atoms with Crippen molar-refractivity contribution in [3.8, 4) is 0 Å². The standard InChI is InChI=1S/C23H23N3O3S2/c1-2-26-14-12-18-16-19(7-10-22(18)26)25-23(27)17-5-8-21(9-6-17)31(28,29)24-13-11-20-4-3-15-30-20/h3-10,12,14-16,24H,2,11,13H2,1H3,(H,25,27). The maximum atomic E-state index is 12.6. The molecule has 0 fully saturated rings. The summed E-state index contributed by atoms with van der Waals surface area (Å²) in [4.78, 5) is 13.9. The molecule has 4 aromatic rings. The van der Waals surface area contributed by atoms with Crippen LogP contribution in [0.5, 0.6) is 0 Å². The molecular formula is C23H23N3O3S2. The van der Waals surface area contributed by atoms with Gasteiger partial charge in [-0.15, -0.1) is 11.3 Å². The summed E-state index contributed by atoms with van der Waals surface area (Å²) < 4.78 is 29.7. The van der Waals surface area contributed by atoms with E-state index >= 15 is 0 Å². The lowest BCUT2D eigenvalue weighted by molar-refractivity contribution is 0.102. The van der Waals surface area contributed by atoms with Gasteiger partial charge in [0.05, 0.1) is 4.90 Å². The van der Waals surface area contributed by atoms with Crippen LogP contribution in [0.15, 0.2) is 77.1 Å². The summed E-state index contributed by atoms with van der Waals surface area (Å²) >= 11 is 1.60. The Morgan fingerprint density at radius 3 is 2.58 bits per heavy atom. The molecule has 0 aliphatic carbocycles. The monoisotopic (exact) mass is 453 g/mol. The highest BCUT2D eigenvalue weighted by Gasteiger charge is 2.15. The van der Waals surface area contributed by atoms with Crippen LogP contribution in [0.25, 0.3) is 10.9 Å². The Morgan fingerprint density at radius 2 is 1.87 bits per heavy atom. The molecule has 2 aromatic heterocycles. The van der Waals surface area contributed by atoms with Crippen molar-refractivity contribution in [2.75, 3.05) is 11.9 Å². The zero-order valence-corrected chi connectivity index (χ0v) is 18.7. The van der Waals surface area contributed by atoms with Gasteiger partial charge in [-0.05, 0) is 73.3 Å². The second-order valence-corrected chi connectivity index (χ2v) is 9.88. The maximum Gasteiger partial charge on any atom is 0.255 e. The fourth-order valence-electron chi connectivity index (χ4n) is 3.39. The third-order valence-corrected chi connectivity index (χ3v) is 7.45. The summed E-state index contributed by atoms with van der Waals surface area (Å²) in [6.07, 6.45) is 2.66. The molecule has 2 heterocycles. The van der Waals surface area contributed by atoms with Crippen molar-refractivity contribution in [3.05, 3.63) is 82.7 Å². The number of carbonyl (C=O) groups excluding carboxylic acids is 1. The predicted molar refractivity (Wildman–Crippen MR) is 125 cm³/mol. The molecular weight excluding hydrogens is 430 g/mol. The molecule has 0 spiro atoms. The number of aryl methyl sites for hydroxylation is 1. The van der Waals surface area contributed by atoms with E-state index in [2.05, 4.69) is 21.5 Å². The summed E-state index contributed by atoms with van der Waals surface area (Å²) in [5.74, 6) is -0.288. The number of hydrogen-bond donors (Lipinski definition) is 2. The Hall–Kier alpha value is -2.94. The number of anilines is 1. The van der Waals surface area contributed by atoms with Crippen LogP contribution in [0.4, 0.5) is 5.69 Å². The van der Waals surface area contributed by atoms with E-state index in [9.17, 15) is 13.2 Å². The maximum absolute atomic E-state index is 12.6. The van der Waals surface area contributed by atoms with Crippen LogP contribution in [0.3, 0.4) is 0 Å². The second-order valence-electron chi connectivity index (χ2n) is 7.08. The number of nitrogens with one attached hydrogen (secondary N) is 2. The first-order valence-corrected chi connectivity index (χ1v) is 12.3. The first kappa shape index (κ1) is 21.3. The van der Waals surface area contributed by atoms with Crippen molar-refractivity contribution < 1.29 is 13.2 Å². The first-order chi connectivity index (χ1) is 15.0. The number of rotatable bonds is 8. The molecule has 0 unspecified atom stereocenters. The van der Waals surface area contributed by atoms with E-state index in [0.29, 0.717) is 24.2 Å². The molecule has 0 radical (unpaired) electrons. The molecule has 31 heavy (non-hydrogen) atoms. The van der Waals surface area contributed by atoms with Gasteiger partial charge in [0.2, 0.25) is 10.0 Å². The van der Waals surface area contributed by atoms with Crippen LogP contribution in [-0.2, 0) is 23.0 Å². The minimum atomic E-state index is -3.62. The van der Waals surface area contributed by atoms with Gasteiger partial charge in [0.15, 0.2) is 0 Å². The van der Waals surface area contributed by atoms with Crippen LogP contribution >= 0.6 is 11.3 Å². The van der Waals surface area contributed by atoms with E-state index in [4.69, 9.17) is 0 Å². The molecule has 0 saturated carbocycles. The van der Waals surface area contributed by atoms with Crippen LogP contribution < -0.4 is 10.0 Å². The molecule has 4 rings (SSSR count). The minimum absolute atomic E-state index is 0.137. The lowest BCUT2D eigenvalue weighted by Crippen LogP contribution is -2.26. The summed E-state index contributed by atoms with van der Waals surface area (Å²) in [5, 5.41) is 5.89. The molecule has 0 aliphatic heterocycles. The fraction of sp³-hybridized carbons (Fsp3) is 0.174. The number of aromatic nitrogens is 1.